The van der Waals surface area contributed by atoms with Gasteiger partial charge in [0.2, 0.25) is 0 Å². The molecule has 0 bridgehead atoms. The quantitative estimate of drug-likeness (QED) is 0.907. The van der Waals surface area contributed by atoms with E-state index in [9.17, 15) is 0 Å². The number of nitrogens with two attached hydrogens (primary N) is 1. The zero-order valence-corrected chi connectivity index (χ0v) is 12.3. The summed E-state index contributed by atoms with van der Waals surface area (Å²) < 4.78 is 6.11. The standard InChI is InChI=1S/C16H26N2O/c1-12(17)15-5-4-6-16(11-15)19-13(2)14-7-9-18(3)10-8-14/h4-6,11-14H,7-10,17H2,1-3H3. The predicted molar refractivity (Wildman–Crippen MR) is 79.4 cm³/mol. The molecule has 106 valence electrons. The van der Waals surface area contributed by atoms with Crippen LogP contribution in [0.1, 0.15) is 38.3 Å². The number of hydrogen-bond donors (Lipinski definition) is 1. The zero-order valence-electron chi connectivity index (χ0n) is 12.3. The minimum atomic E-state index is 0.0576. The van der Waals surface area contributed by atoms with Crippen molar-refractivity contribution in [2.45, 2.75) is 38.8 Å². The van der Waals surface area contributed by atoms with Crippen LogP contribution in [0.4, 0.5) is 0 Å². The highest BCUT2D eigenvalue weighted by atomic mass is 16.5. The van der Waals surface area contributed by atoms with E-state index in [-0.39, 0.29) is 12.1 Å². The van der Waals surface area contributed by atoms with Gasteiger partial charge in [0.15, 0.2) is 0 Å². The molecule has 0 aromatic heterocycles. The summed E-state index contributed by atoms with van der Waals surface area (Å²) in [4.78, 5) is 2.39. The van der Waals surface area contributed by atoms with E-state index in [1.54, 1.807) is 0 Å². The molecule has 2 rings (SSSR count). The second-order valence-corrected chi connectivity index (χ2v) is 5.82. The molecule has 3 nitrogen and oxygen atoms in total. The van der Waals surface area contributed by atoms with Crippen molar-refractivity contribution in [3.63, 3.8) is 0 Å². The lowest BCUT2D eigenvalue weighted by atomic mass is 9.92. The van der Waals surface area contributed by atoms with Gasteiger partial charge in [-0.05, 0) is 70.4 Å². The van der Waals surface area contributed by atoms with Crippen molar-refractivity contribution in [1.29, 1.82) is 0 Å². The lowest BCUT2D eigenvalue weighted by Crippen LogP contribution is -2.36. The summed E-state index contributed by atoms with van der Waals surface area (Å²) in [5.74, 6) is 1.61. The molecule has 1 aromatic carbocycles. The summed E-state index contributed by atoms with van der Waals surface area (Å²) >= 11 is 0. The predicted octanol–water partition coefficient (Wildman–Crippen LogP) is 2.82. The topological polar surface area (TPSA) is 38.5 Å². The van der Waals surface area contributed by atoms with Crippen molar-refractivity contribution < 1.29 is 4.74 Å². The molecule has 1 aliphatic heterocycles. The van der Waals surface area contributed by atoms with Gasteiger partial charge in [-0.15, -0.1) is 0 Å². The molecule has 3 heteroatoms. The smallest absolute Gasteiger partial charge is 0.120 e. The van der Waals surface area contributed by atoms with Crippen molar-refractivity contribution in [2.75, 3.05) is 20.1 Å². The molecule has 0 spiro atoms. The summed E-state index contributed by atoms with van der Waals surface area (Å²) in [6.45, 7) is 6.55. The minimum absolute atomic E-state index is 0.0576. The summed E-state index contributed by atoms with van der Waals surface area (Å²) in [6.07, 6.45) is 2.73. The highest BCUT2D eigenvalue weighted by Gasteiger charge is 2.23. The monoisotopic (exact) mass is 262 g/mol. The van der Waals surface area contributed by atoms with Crippen LogP contribution in [0.15, 0.2) is 24.3 Å². The first-order valence-electron chi connectivity index (χ1n) is 7.27. The van der Waals surface area contributed by atoms with Gasteiger partial charge in [0.05, 0.1) is 6.10 Å². The Morgan fingerprint density at radius 2 is 1.95 bits per heavy atom. The van der Waals surface area contributed by atoms with Gasteiger partial charge in [-0.3, -0.25) is 0 Å². The Morgan fingerprint density at radius 1 is 1.26 bits per heavy atom. The molecule has 0 saturated carbocycles. The van der Waals surface area contributed by atoms with Gasteiger partial charge in [-0.1, -0.05) is 12.1 Å². The third-order valence-electron chi connectivity index (χ3n) is 4.13. The van der Waals surface area contributed by atoms with Crippen LogP contribution in [-0.4, -0.2) is 31.1 Å². The van der Waals surface area contributed by atoms with Crippen LogP contribution < -0.4 is 10.5 Å². The molecular formula is C16H26N2O. The summed E-state index contributed by atoms with van der Waals surface area (Å²) in [6, 6.07) is 8.22. The molecule has 2 unspecified atom stereocenters. The van der Waals surface area contributed by atoms with E-state index in [2.05, 4.69) is 31.0 Å². The fourth-order valence-electron chi connectivity index (χ4n) is 2.68. The normalized spacial score (nSPS) is 21.1. The molecule has 1 fully saturated rings. The van der Waals surface area contributed by atoms with Crippen molar-refractivity contribution in [3.05, 3.63) is 29.8 Å². The average molecular weight is 262 g/mol. The molecule has 1 heterocycles. The minimum Gasteiger partial charge on any atom is -0.490 e. The van der Waals surface area contributed by atoms with Crippen molar-refractivity contribution in [3.8, 4) is 5.75 Å². The Balaban J connectivity index is 1.94. The van der Waals surface area contributed by atoms with Crippen LogP contribution in [0.25, 0.3) is 0 Å². The first-order valence-corrected chi connectivity index (χ1v) is 7.27. The number of piperidine rings is 1. The molecule has 1 saturated heterocycles. The molecule has 0 amide bonds. The average Bonchev–Trinajstić information content (AvgIpc) is 2.39. The first kappa shape index (κ1) is 14.4. The number of likely N-dealkylation sites (tertiary alicyclic amines) is 1. The van der Waals surface area contributed by atoms with Gasteiger partial charge < -0.3 is 15.4 Å². The number of rotatable bonds is 4. The third kappa shape index (κ3) is 3.95. The molecule has 0 radical (unpaired) electrons. The van der Waals surface area contributed by atoms with Gasteiger partial charge in [0, 0.05) is 6.04 Å². The van der Waals surface area contributed by atoms with E-state index >= 15 is 0 Å². The van der Waals surface area contributed by atoms with E-state index in [4.69, 9.17) is 10.5 Å². The number of nitrogens with zero attached hydrogens (tertiary/aromatic N) is 1. The lowest BCUT2D eigenvalue weighted by molar-refractivity contribution is 0.0977. The molecule has 0 aliphatic carbocycles. The maximum Gasteiger partial charge on any atom is 0.120 e. The largest absolute Gasteiger partial charge is 0.490 e. The van der Waals surface area contributed by atoms with Gasteiger partial charge in [-0.2, -0.15) is 0 Å². The Hall–Kier alpha value is -1.06. The number of benzene rings is 1. The fraction of sp³-hybridized carbons (Fsp3) is 0.625. The van der Waals surface area contributed by atoms with E-state index in [1.807, 2.05) is 19.1 Å². The number of hydrogen-bond acceptors (Lipinski definition) is 3. The van der Waals surface area contributed by atoms with Gasteiger partial charge in [-0.25, -0.2) is 0 Å². The Morgan fingerprint density at radius 3 is 2.58 bits per heavy atom. The van der Waals surface area contributed by atoms with Crippen LogP contribution in [0, 0.1) is 5.92 Å². The summed E-state index contributed by atoms with van der Waals surface area (Å²) in [5, 5.41) is 0. The van der Waals surface area contributed by atoms with Crippen molar-refractivity contribution >= 4 is 0 Å². The van der Waals surface area contributed by atoms with Gasteiger partial charge >= 0.3 is 0 Å². The fourth-order valence-corrected chi connectivity index (χ4v) is 2.68. The van der Waals surface area contributed by atoms with E-state index in [1.165, 1.54) is 25.9 Å². The highest BCUT2D eigenvalue weighted by Crippen LogP contribution is 2.25. The van der Waals surface area contributed by atoms with Gasteiger partial charge in [0.25, 0.3) is 0 Å². The van der Waals surface area contributed by atoms with E-state index in [0.717, 1.165) is 11.3 Å². The molecule has 2 atom stereocenters. The SMILES string of the molecule is CC(N)c1cccc(OC(C)C2CCN(C)CC2)c1. The maximum absolute atomic E-state index is 6.11. The molecule has 1 aliphatic rings. The molecule has 1 aromatic rings. The van der Waals surface area contributed by atoms with E-state index in [0.29, 0.717) is 5.92 Å². The van der Waals surface area contributed by atoms with Crippen molar-refractivity contribution in [1.82, 2.24) is 4.90 Å². The highest BCUT2D eigenvalue weighted by molar-refractivity contribution is 5.30. The Kier molecular flexibility index (Phi) is 4.83. The van der Waals surface area contributed by atoms with Crippen LogP contribution >= 0.6 is 0 Å². The van der Waals surface area contributed by atoms with Crippen LogP contribution in [0.5, 0.6) is 5.75 Å². The lowest BCUT2D eigenvalue weighted by Gasteiger charge is -2.32. The maximum atomic E-state index is 6.11. The van der Waals surface area contributed by atoms with E-state index < -0.39 is 0 Å². The van der Waals surface area contributed by atoms with Crippen LogP contribution in [0.2, 0.25) is 0 Å². The molecule has 19 heavy (non-hydrogen) atoms. The second-order valence-electron chi connectivity index (χ2n) is 5.82. The number of ether oxygens (including phenoxy) is 1. The third-order valence-corrected chi connectivity index (χ3v) is 4.13. The van der Waals surface area contributed by atoms with Crippen LogP contribution in [0.3, 0.4) is 0 Å². The van der Waals surface area contributed by atoms with Crippen LogP contribution in [-0.2, 0) is 0 Å². The Labute approximate surface area is 116 Å². The Bertz CT molecular complexity index is 397. The summed E-state index contributed by atoms with van der Waals surface area (Å²) in [7, 11) is 2.19. The molecular weight excluding hydrogens is 236 g/mol. The van der Waals surface area contributed by atoms with Gasteiger partial charge in [0.1, 0.15) is 5.75 Å². The first-order chi connectivity index (χ1) is 9.06. The van der Waals surface area contributed by atoms with Crippen molar-refractivity contribution in [2.24, 2.45) is 11.7 Å². The zero-order chi connectivity index (χ0) is 13.8. The second kappa shape index (κ2) is 6.40. The molecule has 2 N–H and O–H groups in total. The summed E-state index contributed by atoms with van der Waals surface area (Å²) in [5.41, 5.74) is 7.04.